The third-order valence-corrected chi connectivity index (χ3v) is 6.79. The van der Waals surface area contributed by atoms with E-state index in [1.807, 2.05) is 17.2 Å². The van der Waals surface area contributed by atoms with Gasteiger partial charge in [0.15, 0.2) is 0 Å². The van der Waals surface area contributed by atoms with Gasteiger partial charge in [-0.2, -0.15) is 5.10 Å². The first kappa shape index (κ1) is 24.8. The predicted molar refractivity (Wildman–Crippen MR) is 134 cm³/mol. The molecular weight excluding hydrogens is 476 g/mol. The summed E-state index contributed by atoms with van der Waals surface area (Å²) in [5.41, 5.74) is 7.46. The van der Waals surface area contributed by atoms with Gasteiger partial charge < -0.3 is 30.3 Å². The van der Waals surface area contributed by atoms with Crippen molar-refractivity contribution in [3.63, 3.8) is 0 Å². The molecule has 37 heavy (non-hydrogen) atoms. The van der Waals surface area contributed by atoms with Crippen molar-refractivity contribution in [2.75, 3.05) is 26.3 Å². The summed E-state index contributed by atoms with van der Waals surface area (Å²) in [7, 11) is 0. The molecular formula is C27H30N4O6. The lowest BCUT2D eigenvalue weighted by Gasteiger charge is -2.35. The molecule has 0 radical (unpaired) electrons. The Morgan fingerprint density at radius 1 is 1.11 bits per heavy atom. The van der Waals surface area contributed by atoms with E-state index in [4.69, 9.17) is 15.2 Å². The molecule has 0 unspecified atom stereocenters. The van der Waals surface area contributed by atoms with Gasteiger partial charge in [-0.25, -0.2) is 0 Å². The van der Waals surface area contributed by atoms with Crippen LogP contribution in [0.15, 0.2) is 54.9 Å². The van der Waals surface area contributed by atoms with E-state index in [1.54, 1.807) is 47.3 Å². The summed E-state index contributed by atoms with van der Waals surface area (Å²) in [6.45, 7) is 2.01. The maximum Gasteiger partial charge on any atom is 0.252 e. The largest absolute Gasteiger partial charge is 0.508 e. The smallest absolute Gasteiger partial charge is 0.252 e. The van der Waals surface area contributed by atoms with Crippen molar-refractivity contribution in [1.82, 2.24) is 14.7 Å². The van der Waals surface area contributed by atoms with Gasteiger partial charge in [-0.15, -0.1) is 0 Å². The van der Waals surface area contributed by atoms with Gasteiger partial charge in [0.2, 0.25) is 5.91 Å². The van der Waals surface area contributed by atoms with Crippen molar-refractivity contribution in [1.29, 1.82) is 0 Å². The molecule has 2 aliphatic heterocycles. The molecule has 0 saturated carbocycles. The topological polar surface area (TPSA) is 140 Å². The van der Waals surface area contributed by atoms with Gasteiger partial charge in [-0.3, -0.25) is 14.3 Å². The summed E-state index contributed by atoms with van der Waals surface area (Å²) in [6, 6.07) is 11.9. The number of ether oxygens (including phenoxy) is 2. The summed E-state index contributed by atoms with van der Waals surface area (Å²) >= 11 is 0. The fourth-order valence-electron chi connectivity index (χ4n) is 4.64. The predicted octanol–water partition coefficient (Wildman–Crippen LogP) is 1.73. The molecule has 5 rings (SSSR count). The van der Waals surface area contributed by atoms with Gasteiger partial charge in [0.05, 0.1) is 37.9 Å². The number of nitrogens with zero attached hydrogens (tertiary/aromatic N) is 3. The van der Waals surface area contributed by atoms with Crippen LogP contribution in [0, 0.1) is 0 Å². The number of nitrogens with two attached hydrogens (primary N) is 1. The Morgan fingerprint density at radius 3 is 2.49 bits per heavy atom. The maximum atomic E-state index is 12.7. The minimum atomic E-state index is -0.898. The molecule has 0 aliphatic carbocycles. The molecule has 10 heteroatoms. The van der Waals surface area contributed by atoms with Crippen LogP contribution in [0.2, 0.25) is 0 Å². The second-order valence-corrected chi connectivity index (χ2v) is 9.76. The summed E-state index contributed by atoms with van der Waals surface area (Å²) in [5.74, 6) is 0.0284. The minimum absolute atomic E-state index is 0.0313. The zero-order valence-electron chi connectivity index (χ0n) is 20.4. The summed E-state index contributed by atoms with van der Waals surface area (Å²) in [4.78, 5) is 26.7. The van der Waals surface area contributed by atoms with Crippen molar-refractivity contribution in [3.8, 4) is 22.6 Å². The van der Waals surface area contributed by atoms with Crippen LogP contribution in [0.3, 0.4) is 0 Å². The lowest BCUT2D eigenvalue weighted by atomic mass is 10.0. The Bertz CT molecular complexity index is 1280. The molecule has 10 nitrogen and oxygen atoms in total. The normalized spacial score (nSPS) is 17.3. The second kappa shape index (κ2) is 10.2. The highest BCUT2D eigenvalue weighted by Gasteiger charge is 2.36. The molecule has 2 saturated heterocycles. The van der Waals surface area contributed by atoms with E-state index in [0.29, 0.717) is 38.2 Å². The van der Waals surface area contributed by atoms with Gasteiger partial charge in [0.25, 0.3) is 5.91 Å². The zero-order valence-corrected chi connectivity index (χ0v) is 20.4. The van der Waals surface area contributed by atoms with Crippen LogP contribution in [0.1, 0.15) is 28.8 Å². The molecule has 194 valence electrons. The van der Waals surface area contributed by atoms with E-state index in [9.17, 15) is 19.8 Å². The Labute approximate surface area is 214 Å². The van der Waals surface area contributed by atoms with E-state index < -0.39 is 11.5 Å². The fourth-order valence-corrected chi connectivity index (χ4v) is 4.64. The van der Waals surface area contributed by atoms with Crippen LogP contribution in [-0.2, 0) is 22.5 Å². The van der Waals surface area contributed by atoms with Crippen LogP contribution < -0.4 is 10.5 Å². The number of aromatic hydroxyl groups is 1. The van der Waals surface area contributed by atoms with Crippen LogP contribution >= 0.6 is 0 Å². The standard InChI is InChI=1S/C27H30N4O6/c28-26(34)23-12-19(20-13-29-31(14-20)15-27(35)16-36-17-27)3-6-24(23)37-22-7-9-30(10-8-22)25(33)11-18-1-4-21(32)5-2-18/h1-6,12-14,22,32,35H,7-11,15-17H2,(H2,28,34). The van der Waals surface area contributed by atoms with Crippen LogP contribution in [0.4, 0.5) is 0 Å². The van der Waals surface area contributed by atoms with Gasteiger partial charge in [-0.05, 0) is 35.4 Å². The molecule has 0 atom stereocenters. The number of hydrogen-bond donors (Lipinski definition) is 3. The van der Waals surface area contributed by atoms with Crippen molar-refractivity contribution >= 4 is 11.8 Å². The molecule has 2 aliphatic rings. The highest BCUT2D eigenvalue weighted by molar-refractivity contribution is 5.97. The monoisotopic (exact) mass is 506 g/mol. The number of primary amides is 1. The highest BCUT2D eigenvalue weighted by atomic mass is 16.5. The number of aliphatic hydroxyl groups is 1. The number of amides is 2. The number of rotatable bonds is 8. The first-order valence-corrected chi connectivity index (χ1v) is 12.3. The summed E-state index contributed by atoms with van der Waals surface area (Å²) in [5, 5.41) is 24.0. The first-order valence-electron chi connectivity index (χ1n) is 12.3. The van der Waals surface area contributed by atoms with Crippen molar-refractivity contribution < 1.29 is 29.3 Å². The molecule has 2 amide bonds. The van der Waals surface area contributed by atoms with Crippen LogP contribution in [0.25, 0.3) is 11.1 Å². The molecule has 1 aromatic heterocycles. The third-order valence-electron chi connectivity index (χ3n) is 6.79. The first-order chi connectivity index (χ1) is 17.8. The Balaban J connectivity index is 1.20. The average molecular weight is 507 g/mol. The number of phenols is 1. The molecule has 2 aromatic carbocycles. The van der Waals surface area contributed by atoms with Crippen LogP contribution in [0.5, 0.6) is 11.5 Å². The zero-order chi connectivity index (χ0) is 26.0. The van der Waals surface area contributed by atoms with Crippen molar-refractivity contribution in [2.24, 2.45) is 5.73 Å². The Kier molecular flexibility index (Phi) is 6.86. The molecule has 3 heterocycles. The van der Waals surface area contributed by atoms with E-state index in [0.717, 1.165) is 16.7 Å². The van der Waals surface area contributed by atoms with E-state index in [-0.39, 0.29) is 43.0 Å². The lowest BCUT2D eigenvalue weighted by Crippen LogP contribution is -2.52. The van der Waals surface area contributed by atoms with E-state index in [1.165, 1.54) is 0 Å². The number of phenolic OH excluding ortho intramolecular Hbond substituents is 1. The molecule has 4 N–H and O–H groups in total. The number of carbonyl (C=O) groups is 2. The van der Waals surface area contributed by atoms with Gasteiger partial charge in [-0.1, -0.05) is 18.2 Å². The fraction of sp³-hybridized carbons (Fsp3) is 0.370. The third kappa shape index (κ3) is 5.76. The Morgan fingerprint density at radius 2 is 1.84 bits per heavy atom. The summed E-state index contributed by atoms with van der Waals surface area (Å²) in [6.07, 6.45) is 4.90. The minimum Gasteiger partial charge on any atom is -0.508 e. The highest BCUT2D eigenvalue weighted by Crippen LogP contribution is 2.29. The van der Waals surface area contributed by atoms with E-state index in [2.05, 4.69) is 5.10 Å². The number of carbonyl (C=O) groups excluding carboxylic acids is 2. The Hall–Kier alpha value is -3.89. The number of aromatic nitrogens is 2. The quantitative estimate of drug-likeness (QED) is 0.423. The van der Waals surface area contributed by atoms with Gasteiger partial charge >= 0.3 is 0 Å². The van der Waals surface area contributed by atoms with E-state index >= 15 is 0 Å². The number of piperidine rings is 1. The number of likely N-dealkylation sites (tertiary alicyclic amines) is 1. The maximum absolute atomic E-state index is 12.7. The molecule has 3 aromatic rings. The van der Waals surface area contributed by atoms with Gasteiger partial charge in [0.1, 0.15) is 23.2 Å². The second-order valence-electron chi connectivity index (χ2n) is 9.76. The van der Waals surface area contributed by atoms with Crippen molar-refractivity contribution in [3.05, 3.63) is 66.0 Å². The van der Waals surface area contributed by atoms with Gasteiger partial charge in [0, 0.05) is 37.7 Å². The lowest BCUT2D eigenvalue weighted by molar-refractivity contribution is -0.186. The summed E-state index contributed by atoms with van der Waals surface area (Å²) < 4.78 is 12.9. The van der Waals surface area contributed by atoms with Crippen molar-refractivity contribution in [2.45, 2.75) is 37.5 Å². The average Bonchev–Trinajstić information content (AvgIpc) is 3.33. The number of hydrogen-bond acceptors (Lipinski definition) is 7. The molecule has 0 spiro atoms. The molecule has 2 fully saturated rings. The van der Waals surface area contributed by atoms with Crippen LogP contribution in [-0.4, -0.2) is 74.7 Å². The SMILES string of the molecule is NC(=O)c1cc(-c2cnn(CC3(O)COC3)c2)ccc1OC1CCN(C(=O)Cc2ccc(O)cc2)CC1. The molecule has 0 bridgehead atoms. The number of benzene rings is 2.